The molecule has 0 heterocycles. The van der Waals surface area contributed by atoms with Crippen molar-refractivity contribution in [3.63, 3.8) is 0 Å². The third-order valence-corrected chi connectivity index (χ3v) is 2.44. The molecule has 2 N–H and O–H groups in total. The maximum Gasteiger partial charge on any atom is 0.253 e. The van der Waals surface area contributed by atoms with E-state index in [0.29, 0.717) is 31.0 Å². The van der Waals surface area contributed by atoms with Gasteiger partial charge >= 0.3 is 0 Å². The monoisotopic (exact) mass is 264 g/mol. The van der Waals surface area contributed by atoms with Gasteiger partial charge in [-0.1, -0.05) is 12.1 Å². The third kappa shape index (κ3) is 5.52. The van der Waals surface area contributed by atoms with Crippen molar-refractivity contribution in [1.29, 1.82) is 0 Å². The first-order valence-electron chi connectivity index (χ1n) is 6.37. The van der Waals surface area contributed by atoms with Crippen molar-refractivity contribution in [3.8, 4) is 0 Å². The van der Waals surface area contributed by atoms with Gasteiger partial charge in [0.2, 0.25) is 5.91 Å². The van der Waals surface area contributed by atoms with E-state index in [1.807, 2.05) is 6.92 Å². The molecule has 0 spiro atoms. The summed E-state index contributed by atoms with van der Waals surface area (Å²) in [6.45, 7) is 5.20. The van der Waals surface area contributed by atoms with Crippen LogP contribution in [-0.2, 0) is 9.53 Å². The van der Waals surface area contributed by atoms with Crippen LogP contribution < -0.4 is 10.6 Å². The Bertz CT molecular complexity index is 432. The molecule has 1 aromatic carbocycles. The largest absolute Gasteiger partial charge is 0.382 e. The van der Waals surface area contributed by atoms with Gasteiger partial charge in [0.1, 0.15) is 0 Å². The zero-order chi connectivity index (χ0) is 14.1. The Kier molecular flexibility index (Phi) is 6.60. The molecule has 0 aliphatic carbocycles. The number of nitrogens with one attached hydrogen (secondary N) is 2. The van der Waals surface area contributed by atoms with Crippen LogP contribution in [-0.4, -0.2) is 31.6 Å². The number of anilines is 1. The number of carbonyl (C=O) groups is 2. The molecule has 5 heteroatoms. The first-order chi connectivity index (χ1) is 9.15. The fourth-order valence-electron chi connectivity index (χ4n) is 1.60. The maximum atomic E-state index is 12.0. The molecule has 0 aliphatic rings. The summed E-state index contributed by atoms with van der Waals surface area (Å²) in [6, 6.07) is 6.93. The van der Waals surface area contributed by atoms with Crippen LogP contribution in [0, 0.1) is 0 Å². The number of hydrogen-bond donors (Lipinski definition) is 2. The van der Waals surface area contributed by atoms with Gasteiger partial charge in [0.25, 0.3) is 5.91 Å². The summed E-state index contributed by atoms with van der Waals surface area (Å²) in [5.41, 5.74) is 0.992. The highest BCUT2D eigenvalue weighted by atomic mass is 16.5. The molecule has 1 rings (SSSR count). The Balaban J connectivity index is 2.54. The number of benzene rings is 1. The van der Waals surface area contributed by atoms with E-state index in [2.05, 4.69) is 10.6 Å². The van der Waals surface area contributed by atoms with E-state index < -0.39 is 0 Å². The SMILES string of the molecule is CCOCCCNC(=O)c1ccccc1NC(C)=O. The molecule has 5 nitrogen and oxygen atoms in total. The Morgan fingerprint density at radius 2 is 2.00 bits per heavy atom. The van der Waals surface area contributed by atoms with Crippen LogP contribution in [0.3, 0.4) is 0 Å². The van der Waals surface area contributed by atoms with Crippen molar-refractivity contribution in [2.24, 2.45) is 0 Å². The van der Waals surface area contributed by atoms with Crippen molar-refractivity contribution in [2.75, 3.05) is 25.1 Å². The molecule has 0 fully saturated rings. The Morgan fingerprint density at radius 3 is 2.68 bits per heavy atom. The predicted molar refractivity (Wildman–Crippen MR) is 74.2 cm³/mol. The zero-order valence-electron chi connectivity index (χ0n) is 11.4. The topological polar surface area (TPSA) is 67.4 Å². The van der Waals surface area contributed by atoms with Crippen molar-refractivity contribution in [1.82, 2.24) is 5.32 Å². The molecule has 0 saturated carbocycles. The molecule has 0 bridgehead atoms. The maximum absolute atomic E-state index is 12.0. The molecule has 0 saturated heterocycles. The summed E-state index contributed by atoms with van der Waals surface area (Å²) in [5.74, 6) is -0.391. The molecule has 0 atom stereocenters. The normalized spacial score (nSPS) is 10.0. The Labute approximate surface area is 113 Å². The fourth-order valence-corrected chi connectivity index (χ4v) is 1.60. The van der Waals surface area contributed by atoms with E-state index in [0.717, 1.165) is 6.42 Å². The summed E-state index contributed by atoms with van der Waals surface area (Å²) >= 11 is 0. The first-order valence-corrected chi connectivity index (χ1v) is 6.37. The van der Waals surface area contributed by atoms with Gasteiger partial charge in [-0.2, -0.15) is 0 Å². The van der Waals surface area contributed by atoms with Crippen LogP contribution in [0.5, 0.6) is 0 Å². The van der Waals surface area contributed by atoms with E-state index in [4.69, 9.17) is 4.74 Å². The summed E-state index contributed by atoms with van der Waals surface area (Å²) in [4.78, 5) is 23.0. The predicted octanol–water partition coefficient (Wildman–Crippen LogP) is 1.80. The van der Waals surface area contributed by atoms with Gasteiger partial charge in [-0.05, 0) is 25.5 Å². The lowest BCUT2D eigenvalue weighted by Crippen LogP contribution is -2.26. The van der Waals surface area contributed by atoms with Crippen molar-refractivity contribution in [2.45, 2.75) is 20.3 Å². The average molecular weight is 264 g/mol. The van der Waals surface area contributed by atoms with Crippen LogP contribution in [0.25, 0.3) is 0 Å². The lowest BCUT2D eigenvalue weighted by Gasteiger charge is -2.10. The average Bonchev–Trinajstić information content (AvgIpc) is 2.38. The summed E-state index contributed by atoms with van der Waals surface area (Å²) < 4.78 is 5.19. The Morgan fingerprint density at radius 1 is 1.26 bits per heavy atom. The number of para-hydroxylation sites is 1. The second-order valence-corrected chi connectivity index (χ2v) is 4.03. The first kappa shape index (κ1) is 15.2. The number of hydrogen-bond acceptors (Lipinski definition) is 3. The summed E-state index contributed by atoms with van der Waals surface area (Å²) in [6.07, 6.45) is 0.766. The molecular weight excluding hydrogens is 244 g/mol. The van der Waals surface area contributed by atoms with Crippen LogP contribution in [0.1, 0.15) is 30.6 Å². The number of ether oxygens (including phenoxy) is 1. The van der Waals surface area contributed by atoms with Crippen molar-refractivity contribution < 1.29 is 14.3 Å². The van der Waals surface area contributed by atoms with Gasteiger partial charge < -0.3 is 15.4 Å². The van der Waals surface area contributed by atoms with Gasteiger partial charge in [-0.15, -0.1) is 0 Å². The third-order valence-electron chi connectivity index (χ3n) is 2.44. The number of carbonyl (C=O) groups excluding carboxylic acids is 2. The smallest absolute Gasteiger partial charge is 0.253 e. The second-order valence-electron chi connectivity index (χ2n) is 4.03. The van der Waals surface area contributed by atoms with Crippen LogP contribution >= 0.6 is 0 Å². The molecule has 104 valence electrons. The molecule has 0 radical (unpaired) electrons. The minimum Gasteiger partial charge on any atom is -0.382 e. The second kappa shape index (κ2) is 8.26. The quantitative estimate of drug-likeness (QED) is 0.738. The highest BCUT2D eigenvalue weighted by Crippen LogP contribution is 2.14. The highest BCUT2D eigenvalue weighted by Gasteiger charge is 2.10. The van der Waals surface area contributed by atoms with Gasteiger partial charge in [-0.25, -0.2) is 0 Å². The van der Waals surface area contributed by atoms with E-state index in [-0.39, 0.29) is 11.8 Å². The lowest BCUT2D eigenvalue weighted by atomic mass is 10.1. The van der Waals surface area contributed by atoms with E-state index in [9.17, 15) is 9.59 Å². The molecule has 2 amide bonds. The minimum atomic E-state index is -0.198. The number of amides is 2. The fraction of sp³-hybridized carbons (Fsp3) is 0.429. The molecule has 19 heavy (non-hydrogen) atoms. The molecular formula is C14H20N2O3. The lowest BCUT2D eigenvalue weighted by molar-refractivity contribution is -0.114. The Hall–Kier alpha value is -1.88. The van der Waals surface area contributed by atoms with E-state index in [1.165, 1.54) is 6.92 Å². The van der Waals surface area contributed by atoms with Crippen molar-refractivity contribution >= 4 is 17.5 Å². The van der Waals surface area contributed by atoms with Crippen molar-refractivity contribution in [3.05, 3.63) is 29.8 Å². The van der Waals surface area contributed by atoms with E-state index in [1.54, 1.807) is 24.3 Å². The van der Waals surface area contributed by atoms with Gasteiger partial charge in [0.15, 0.2) is 0 Å². The summed E-state index contributed by atoms with van der Waals surface area (Å²) in [5, 5.41) is 5.44. The molecule has 1 aromatic rings. The summed E-state index contributed by atoms with van der Waals surface area (Å²) in [7, 11) is 0. The van der Waals surface area contributed by atoms with Crippen LogP contribution in [0.2, 0.25) is 0 Å². The van der Waals surface area contributed by atoms with Gasteiger partial charge in [-0.3, -0.25) is 9.59 Å². The molecule has 0 aromatic heterocycles. The van der Waals surface area contributed by atoms with Crippen LogP contribution in [0.15, 0.2) is 24.3 Å². The van der Waals surface area contributed by atoms with Gasteiger partial charge in [0, 0.05) is 26.7 Å². The minimum absolute atomic E-state index is 0.194. The van der Waals surface area contributed by atoms with Crippen LogP contribution in [0.4, 0.5) is 5.69 Å². The zero-order valence-corrected chi connectivity index (χ0v) is 11.4. The number of rotatable bonds is 7. The molecule has 0 aliphatic heterocycles. The standard InChI is InChI=1S/C14H20N2O3/c1-3-19-10-6-9-15-14(18)12-7-4-5-8-13(12)16-11(2)17/h4-5,7-8H,3,6,9-10H2,1-2H3,(H,15,18)(H,16,17). The van der Waals surface area contributed by atoms with Gasteiger partial charge in [0.05, 0.1) is 11.3 Å². The van der Waals surface area contributed by atoms with E-state index >= 15 is 0 Å². The molecule has 0 unspecified atom stereocenters. The highest BCUT2D eigenvalue weighted by molar-refractivity contribution is 6.03.